The molecule has 0 aromatic rings. The molecule has 0 radical (unpaired) electrons. The van der Waals surface area contributed by atoms with Gasteiger partial charge in [-0.05, 0) is 83.1 Å². The molecule has 9 heterocycles. The Hall–Kier alpha value is -4.39. The molecule has 6 amide bonds. The van der Waals surface area contributed by atoms with Gasteiger partial charge in [-0.2, -0.15) is 0 Å². The van der Waals surface area contributed by atoms with E-state index >= 15 is 0 Å². The maximum atomic E-state index is 14.4. The van der Waals surface area contributed by atoms with Gasteiger partial charge in [-0.25, -0.2) is 4.79 Å². The Kier molecular flexibility index (Phi) is 15.1. The molecule has 0 aromatic heterocycles. The third-order valence-corrected chi connectivity index (χ3v) is 14.6. The van der Waals surface area contributed by atoms with Gasteiger partial charge in [0, 0.05) is 0 Å². The van der Waals surface area contributed by atoms with Crippen molar-refractivity contribution in [2.24, 2.45) is 17.8 Å². The summed E-state index contributed by atoms with van der Waals surface area (Å²) in [7, 11) is 1.22. The first-order chi connectivity index (χ1) is 35.0. The predicted molar refractivity (Wildman–Crippen MR) is 248 cm³/mol. The summed E-state index contributed by atoms with van der Waals surface area (Å²) in [5.74, 6) is -10.4. The average molecular weight is 1070 g/mol. The van der Waals surface area contributed by atoms with Crippen LogP contribution < -0.4 is 31.9 Å². The van der Waals surface area contributed by atoms with Gasteiger partial charge in [0.2, 0.25) is 29.5 Å². The van der Waals surface area contributed by atoms with Crippen molar-refractivity contribution in [2.75, 3.05) is 26.9 Å². The second kappa shape index (κ2) is 20.4. The Morgan fingerprint density at radius 2 is 0.787 bits per heavy atom. The second-order valence-corrected chi connectivity index (χ2v) is 22.9. The molecule has 9 aliphatic heterocycles. The number of fused-ring (bicyclic) bond motifs is 9. The molecule has 0 aromatic carbocycles. The molecule has 6 N–H and O–H groups in total. The summed E-state index contributed by atoms with van der Waals surface area (Å²) in [6.07, 6.45) is -10.7. The van der Waals surface area contributed by atoms with Crippen LogP contribution >= 0.6 is 0 Å². The van der Waals surface area contributed by atoms with E-state index in [0.29, 0.717) is 0 Å². The van der Waals surface area contributed by atoms with E-state index < -0.39 is 192 Å². The molecule has 75 heavy (non-hydrogen) atoms. The highest BCUT2D eigenvalue weighted by Gasteiger charge is 2.64. The molecule has 0 unspecified atom stereocenters. The molecular weight excluding hydrogens is 997 g/mol. The van der Waals surface area contributed by atoms with E-state index in [-0.39, 0.29) is 19.8 Å². The van der Waals surface area contributed by atoms with Crippen LogP contribution in [0.25, 0.3) is 0 Å². The Labute approximate surface area is 433 Å². The summed E-state index contributed by atoms with van der Waals surface area (Å²) < 4.78 is 83.6. The first kappa shape index (κ1) is 55.4. The number of ether oxygens (including phenoxy) is 14. The molecule has 0 aliphatic carbocycles. The smallest absolute Gasteiger partial charge is 0.408 e. The molecule has 9 rings (SSSR count). The van der Waals surface area contributed by atoms with Crippen LogP contribution in [0.1, 0.15) is 83.1 Å². The monoisotopic (exact) mass is 1070 g/mol. The lowest BCUT2D eigenvalue weighted by atomic mass is 9.87. The van der Waals surface area contributed by atoms with Crippen molar-refractivity contribution in [3.8, 4) is 0 Å². The summed E-state index contributed by atoms with van der Waals surface area (Å²) in [5.41, 5.74) is -0.838. The fourth-order valence-electron chi connectivity index (χ4n) is 11.2. The van der Waals surface area contributed by atoms with Crippen molar-refractivity contribution in [3.05, 3.63) is 0 Å². The molecule has 27 heteroatoms. The van der Waals surface area contributed by atoms with E-state index in [1.165, 1.54) is 27.9 Å². The first-order valence-electron chi connectivity index (χ1n) is 25.5. The van der Waals surface area contributed by atoms with Crippen LogP contribution in [-0.4, -0.2) is 202 Å². The molecule has 0 saturated carbocycles. The predicted octanol–water partition coefficient (Wildman–Crippen LogP) is -1.79. The van der Waals surface area contributed by atoms with Gasteiger partial charge >= 0.3 is 12.1 Å². The zero-order valence-corrected chi connectivity index (χ0v) is 44.3. The number of rotatable bonds is 12. The van der Waals surface area contributed by atoms with E-state index in [0.717, 1.165) is 0 Å². The minimum Gasteiger partial charge on any atom is -0.469 e. The van der Waals surface area contributed by atoms with Gasteiger partial charge in [-0.3, -0.25) is 28.8 Å². The topological polar surface area (TPSA) is 321 Å². The van der Waals surface area contributed by atoms with Crippen molar-refractivity contribution in [1.82, 2.24) is 31.9 Å². The standard InChI is InChI=1S/C48H72N6O21/c1-17(49-39(59)21-15-64-30-27(67-42-33(30)70-47(9,10)73-42)24(21)53-37(57)19(3)51-44(61)75-45(4,5)6)35(55)52-23-20(14-63-29-26(23)66-41-32(29)69-46(7,8)72-41)38(58)50-18(2)36(56)54-25-22(40(60)62-13)16-65-31-28(25)68-43-34(31)71-48(11,12)74-43/h17-34,41-43H,14-16H2,1-13H3,(H,49,59)(H,50,58)(H,51,61)(H,52,55)(H,53,57)(H,54,56)/t17-,18-,19-,20-,21-,22-,23-,24-,25-,26+,27+,28+,29-,30-,31-,32+,33+,34+,41+,42+,43+/m0/s1. The SMILES string of the molecule is COC(=O)[C@H]1CO[C@H]2[C@H](O[C@@H]3OC(C)(C)O[C@@H]32)[C@H]1NC(=O)[C@H](C)NC(=O)[C@H]1CO[C@H]2[C@H](O[C@@H]3OC(C)(C)O[C@@H]32)[C@H]1NC(=O)[C@H](C)NC(=O)[C@H]1CO[C@H]2[C@H](O[C@@H]3OC(C)(C)O[C@@H]32)[C@H]1NC(=O)[C@H](C)NC(=O)OC(C)(C)C. The van der Waals surface area contributed by atoms with E-state index in [2.05, 4.69) is 31.9 Å². The first-order valence-corrected chi connectivity index (χ1v) is 25.5. The third kappa shape index (κ3) is 11.3. The molecule has 9 saturated heterocycles. The quantitative estimate of drug-likeness (QED) is 0.118. The van der Waals surface area contributed by atoms with Gasteiger partial charge in [0.1, 0.15) is 84.6 Å². The number of hydrogen-bond donors (Lipinski definition) is 6. The van der Waals surface area contributed by atoms with Gasteiger partial charge in [0.15, 0.2) is 36.2 Å². The highest BCUT2D eigenvalue weighted by molar-refractivity contribution is 5.92. The Balaban J connectivity index is 0.882. The van der Waals surface area contributed by atoms with Crippen LogP contribution in [-0.2, 0) is 95.1 Å². The van der Waals surface area contributed by atoms with Crippen LogP contribution in [0, 0.1) is 17.8 Å². The molecule has 27 nitrogen and oxygen atoms in total. The molecule has 0 bridgehead atoms. The van der Waals surface area contributed by atoms with Crippen molar-refractivity contribution in [3.63, 3.8) is 0 Å². The number of carbonyl (C=O) groups excluding carboxylic acids is 7. The zero-order chi connectivity index (χ0) is 54.4. The molecule has 420 valence electrons. The largest absolute Gasteiger partial charge is 0.469 e. The zero-order valence-electron chi connectivity index (χ0n) is 44.3. The number of methoxy groups -OCH3 is 1. The second-order valence-electron chi connectivity index (χ2n) is 22.9. The summed E-state index contributed by atoms with van der Waals surface area (Å²) in [6.45, 7) is 19.1. The van der Waals surface area contributed by atoms with Crippen LogP contribution in [0.5, 0.6) is 0 Å². The fraction of sp³-hybridized carbons (Fsp3) is 0.854. The number of carbonyl (C=O) groups is 7. The van der Waals surface area contributed by atoms with E-state index in [4.69, 9.17) is 66.3 Å². The minimum atomic E-state index is -1.28. The molecular formula is C48H72N6O21. The minimum absolute atomic E-state index is 0.121. The number of nitrogens with one attached hydrogen (secondary N) is 6. The maximum Gasteiger partial charge on any atom is 0.408 e. The molecule has 9 aliphatic rings. The Bertz CT molecular complexity index is 2250. The van der Waals surface area contributed by atoms with Crippen LogP contribution in [0.4, 0.5) is 4.79 Å². The van der Waals surface area contributed by atoms with Crippen molar-refractivity contribution in [2.45, 2.75) is 216 Å². The van der Waals surface area contributed by atoms with Crippen LogP contribution in [0.2, 0.25) is 0 Å². The highest BCUT2D eigenvalue weighted by Crippen LogP contribution is 2.46. The van der Waals surface area contributed by atoms with E-state index in [9.17, 15) is 33.6 Å². The van der Waals surface area contributed by atoms with E-state index in [1.54, 1.807) is 62.3 Å². The Morgan fingerprint density at radius 1 is 0.467 bits per heavy atom. The Morgan fingerprint density at radius 3 is 1.12 bits per heavy atom. The number of esters is 1. The van der Waals surface area contributed by atoms with Crippen LogP contribution in [0.15, 0.2) is 0 Å². The number of alkyl carbamates (subject to hydrolysis) is 1. The van der Waals surface area contributed by atoms with Crippen molar-refractivity contribution in [1.29, 1.82) is 0 Å². The summed E-state index contributed by atoms with van der Waals surface area (Å²) >= 11 is 0. The summed E-state index contributed by atoms with van der Waals surface area (Å²) in [6, 6.07) is -6.80. The third-order valence-electron chi connectivity index (χ3n) is 14.6. The van der Waals surface area contributed by atoms with Crippen molar-refractivity contribution < 1.29 is 99.9 Å². The number of hydrogen-bond acceptors (Lipinski definition) is 21. The normalized spacial score (nSPS) is 40.6. The molecule has 21 atom stereocenters. The lowest BCUT2D eigenvalue weighted by Crippen LogP contribution is -2.66. The fourth-order valence-corrected chi connectivity index (χ4v) is 11.2. The summed E-state index contributed by atoms with van der Waals surface area (Å²) in [4.78, 5) is 96.5. The van der Waals surface area contributed by atoms with Gasteiger partial charge < -0.3 is 98.2 Å². The number of amides is 6. The lowest BCUT2D eigenvalue weighted by Gasteiger charge is -2.41. The van der Waals surface area contributed by atoms with Gasteiger partial charge in [0.25, 0.3) is 0 Å². The summed E-state index contributed by atoms with van der Waals surface area (Å²) in [5, 5.41) is 16.6. The maximum absolute atomic E-state index is 14.4. The van der Waals surface area contributed by atoms with Gasteiger partial charge in [-0.15, -0.1) is 0 Å². The van der Waals surface area contributed by atoms with Crippen molar-refractivity contribution >= 4 is 41.6 Å². The van der Waals surface area contributed by atoms with Gasteiger partial charge in [0.05, 0.1) is 56.9 Å². The average Bonchev–Trinajstić information content (AvgIpc) is 4.14. The molecule has 0 spiro atoms. The van der Waals surface area contributed by atoms with Gasteiger partial charge in [-0.1, -0.05) is 0 Å². The highest BCUT2D eigenvalue weighted by atomic mass is 16.9. The molecule has 9 fully saturated rings. The lowest BCUT2D eigenvalue weighted by molar-refractivity contribution is -0.234. The van der Waals surface area contributed by atoms with Crippen LogP contribution in [0.3, 0.4) is 0 Å². The van der Waals surface area contributed by atoms with E-state index in [1.807, 2.05) is 0 Å².